The summed E-state index contributed by atoms with van der Waals surface area (Å²) in [5.74, 6) is 0. The average Bonchev–Trinajstić information content (AvgIpc) is 1.55. The van der Waals surface area contributed by atoms with Crippen molar-refractivity contribution in [2.45, 2.75) is 209 Å². The Morgan fingerprint density at radius 1 is 0.120 bits per heavy atom. The van der Waals surface area contributed by atoms with E-state index in [1.54, 1.807) is 6.33 Å². The first-order chi connectivity index (χ1) is 71.4. The molecule has 0 bridgehead atoms. The number of benzene rings is 14. The highest BCUT2D eigenvalue weighted by Gasteiger charge is 2.61. The lowest BCUT2D eigenvalue weighted by Gasteiger charge is -2.44. The monoisotopic (exact) mass is 1950 g/mol. The summed E-state index contributed by atoms with van der Waals surface area (Å²) in [4.78, 5) is 31.2. The third-order valence-electron chi connectivity index (χ3n) is 40.4. The maximum Gasteiger partial charge on any atom is 0.116 e. The zero-order valence-electron chi connectivity index (χ0n) is 91.6. The minimum absolute atomic E-state index is 0.0161. The number of fused-ring (bicyclic) bond motifs is 4. The van der Waals surface area contributed by atoms with Gasteiger partial charge in [0.1, 0.15) is 6.33 Å². The summed E-state index contributed by atoms with van der Waals surface area (Å²) < 4.78 is 0. The second kappa shape index (κ2) is 35.2. The summed E-state index contributed by atoms with van der Waals surface area (Å²) in [5, 5.41) is 0. The van der Waals surface area contributed by atoms with Gasteiger partial charge in [-0.2, -0.15) is 0 Å². The molecule has 0 unspecified atom stereocenters. The minimum atomic E-state index is -0.0288. The van der Waals surface area contributed by atoms with Gasteiger partial charge >= 0.3 is 0 Å². The van der Waals surface area contributed by atoms with Crippen LogP contribution in [-0.2, 0) is 43.3 Å². The molecule has 5 heterocycles. The summed E-state index contributed by atoms with van der Waals surface area (Å²) in [7, 11) is 0. The summed E-state index contributed by atoms with van der Waals surface area (Å²) in [6.45, 7) is 58.0. The molecular weight excluding hydrogens is 1810 g/mol. The van der Waals surface area contributed by atoms with Crippen LogP contribution in [0.2, 0.25) is 0 Å². The van der Waals surface area contributed by atoms with E-state index in [2.05, 4.69) is 549 Å². The van der Waals surface area contributed by atoms with E-state index in [0.717, 1.165) is 196 Å². The van der Waals surface area contributed by atoms with Crippen molar-refractivity contribution in [3.63, 3.8) is 0 Å². The van der Waals surface area contributed by atoms with Crippen LogP contribution in [-0.4, -0.2) is 29.9 Å². The van der Waals surface area contributed by atoms with Gasteiger partial charge in [-0.05, 0) is 306 Å². The number of hydrogen-bond acceptors (Lipinski definition) is 6. The Hall–Kier alpha value is -15.2. The van der Waals surface area contributed by atoms with Gasteiger partial charge in [0.25, 0.3) is 0 Å². The van der Waals surface area contributed by atoms with E-state index in [1.165, 1.54) is 50.1 Å². The number of pyridine rings is 4. The van der Waals surface area contributed by atoms with Gasteiger partial charge in [-0.25, -0.2) is 9.97 Å². The Bertz CT molecular complexity index is 7720. The molecule has 0 saturated heterocycles. The van der Waals surface area contributed by atoms with Crippen LogP contribution in [0.3, 0.4) is 0 Å². The molecule has 0 amide bonds. The van der Waals surface area contributed by atoms with E-state index in [-0.39, 0.29) is 65.0 Å². The predicted molar refractivity (Wildman–Crippen MR) is 630 cm³/mol. The van der Waals surface area contributed by atoms with Gasteiger partial charge in [-0.1, -0.05) is 439 Å². The van der Waals surface area contributed by atoms with Crippen molar-refractivity contribution in [3.05, 3.63) is 434 Å². The Labute approximate surface area is 889 Å². The van der Waals surface area contributed by atoms with Crippen LogP contribution in [0.1, 0.15) is 211 Å². The van der Waals surface area contributed by atoms with Crippen molar-refractivity contribution in [2.75, 3.05) is 0 Å². The number of rotatable bonds is 18. The van der Waals surface area contributed by atoms with E-state index in [1.807, 2.05) is 0 Å². The smallest absolute Gasteiger partial charge is 0.116 e. The van der Waals surface area contributed by atoms with Crippen molar-refractivity contribution in [1.29, 1.82) is 0 Å². The molecule has 150 heavy (non-hydrogen) atoms. The van der Waals surface area contributed by atoms with Gasteiger partial charge in [0, 0.05) is 80.4 Å². The number of aromatic nitrogens is 6. The van der Waals surface area contributed by atoms with Crippen molar-refractivity contribution in [3.8, 4) is 201 Å². The molecule has 0 atom stereocenters. The highest BCUT2D eigenvalue weighted by Crippen LogP contribution is 2.67. The van der Waals surface area contributed by atoms with E-state index in [4.69, 9.17) is 29.9 Å². The lowest BCUT2D eigenvalue weighted by atomic mass is 9.59. The van der Waals surface area contributed by atoms with Gasteiger partial charge < -0.3 is 0 Å². The van der Waals surface area contributed by atoms with Gasteiger partial charge in [-0.15, -0.1) is 0 Å². The van der Waals surface area contributed by atoms with Gasteiger partial charge in [0.05, 0.1) is 34.2 Å². The SMILES string of the molecule is CC1(C)c2ccc(-c3ccc(-c4ccccc4-c4cc(-c5ccccc5-c5ccc(-c6cc(-c7ccc(-c8ccccc8-c8cc(-c9ccccc9-c9ccc(-c%10ccc%11c(c%10)C(C)(C)C(C)(C)C%11(C)C)nc9)cc(-c9ccccc9-c9ccc(-c%10ccc%11c(c%10)C(C)(C)C(C)(C)C%11(C)C)nc9)c8)cc7)ncn6)cc5)cc(-c5ccccc5-c5ccc(-c6ccc7c(c6)C(C)(C)C(C)(C)C7(C)C)nc5)c4)nc3)cc2C(C)(C)C1(C)C. The number of nitrogens with zero attached hydrogens (tertiary/aromatic N) is 6. The van der Waals surface area contributed by atoms with E-state index < -0.39 is 0 Å². The van der Waals surface area contributed by atoms with Gasteiger partial charge in [0.15, 0.2) is 0 Å². The lowest BCUT2D eigenvalue weighted by Crippen LogP contribution is -2.42. The molecule has 0 spiro atoms. The third-order valence-corrected chi connectivity index (χ3v) is 40.4. The largest absolute Gasteiger partial charge is 0.256 e. The summed E-state index contributed by atoms with van der Waals surface area (Å²) in [6.07, 6.45) is 9.98. The molecule has 742 valence electrons. The Morgan fingerprint density at radius 2 is 0.307 bits per heavy atom. The molecule has 4 aliphatic rings. The first-order valence-electron chi connectivity index (χ1n) is 53.8. The molecule has 4 aliphatic carbocycles. The molecule has 0 N–H and O–H groups in total. The highest BCUT2D eigenvalue weighted by molar-refractivity contribution is 5.98. The third kappa shape index (κ3) is 15.3. The second-order valence-electron chi connectivity index (χ2n) is 49.6. The van der Waals surface area contributed by atoms with Crippen molar-refractivity contribution in [1.82, 2.24) is 29.9 Å². The fourth-order valence-electron chi connectivity index (χ4n) is 26.2. The molecule has 0 radical (unpaired) electrons. The van der Waals surface area contributed by atoms with Crippen LogP contribution in [0.25, 0.3) is 201 Å². The van der Waals surface area contributed by atoms with Crippen molar-refractivity contribution >= 4 is 0 Å². The van der Waals surface area contributed by atoms with Crippen LogP contribution in [0, 0.1) is 21.7 Å². The molecule has 23 rings (SSSR count). The van der Waals surface area contributed by atoms with Crippen LogP contribution in [0.4, 0.5) is 0 Å². The topological polar surface area (TPSA) is 77.3 Å². The molecule has 6 nitrogen and oxygen atoms in total. The molecule has 0 fully saturated rings. The average molecular weight is 1950 g/mol. The summed E-state index contributed by atoms with van der Waals surface area (Å²) in [5.41, 5.74) is 49.8. The molecule has 5 aromatic heterocycles. The first-order valence-corrected chi connectivity index (χ1v) is 53.8. The Kier molecular flexibility index (Phi) is 23.0. The van der Waals surface area contributed by atoms with Gasteiger partial charge in [-0.3, -0.25) is 19.9 Å². The van der Waals surface area contributed by atoms with Gasteiger partial charge in [0.2, 0.25) is 0 Å². The lowest BCUT2D eigenvalue weighted by molar-refractivity contribution is 0.125. The molecule has 19 aromatic rings. The standard InChI is InChI=1S/C144H136N6/c1-133(2)119-65-57-93(79-123(119)137(9,10)141(133,17)18)97-61-72-130(148-84-97)118-48-36-35-47-117(118)106-77-102(75-105(78-106)116-46-34-29-41-111(116)100-64-71-129(147-87-100)96-60-68-122-126(82-96)140(15,16)144(23,24)136(122,7)8)113-43-31-26-38-108(113)90-51-55-92(56-52-90)132-83-131(149-88-150-132)91-53-49-89(50-54-91)107-37-25-30-42-112(107)101-73-103(114-44-32-27-39-109(114)98-62-69-127(145-85-98)94-58-66-120-124(80-94)138(11,12)142(19,20)134(120,3)4)76-104(74-101)115-45-33-28-40-110(115)99-63-70-128(146-86-99)95-59-67-121-125(81-95)139(13,14)143(21,22)135(121,5)6/h25-88H,1-24H3. The summed E-state index contributed by atoms with van der Waals surface area (Å²) in [6, 6.07) is 133. The van der Waals surface area contributed by atoms with Crippen LogP contribution in [0.5, 0.6) is 0 Å². The highest BCUT2D eigenvalue weighted by atomic mass is 14.8. The summed E-state index contributed by atoms with van der Waals surface area (Å²) >= 11 is 0. The molecule has 0 saturated carbocycles. The van der Waals surface area contributed by atoms with Crippen molar-refractivity contribution < 1.29 is 0 Å². The quantitative estimate of drug-likeness (QED) is 0.0852. The molecular formula is C144H136N6. The maximum atomic E-state index is 5.35. The molecule has 0 aliphatic heterocycles. The fourth-order valence-corrected chi connectivity index (χ4v) is 26.2. The second-order valence-corrected chi connectivity index (χ2v) is 49.6. The van der Waals surface area contributed by atoms with E-state index >= 15 is 0 Å². The molecule has 14 aromatic carbocycles. The number of hydrogen-bond donors (Lipinski definition) is 0. The zero-order chi connectivity index (χ0) is 105. The fraction of sp³-hybridized carbons (Fsp3) is 0.250. The predicted octanol–water partition coefficient (Wildman–Crippen LogP) is 38.4. The van der Waals surface area contributed by atoms with Crippen LogP contribution < -0.4 is 0 Å². The van der Waals surface area contributed by atoms with Crippen molar-refractivity contribution in [2.24, 2.45) is 21.7 Å². The zero-order valence-corrected chi connectivity index (χ0v) is 91.6. The maximum absolute atomic E-state index is 5.35. The van der Waals surface area contributed by atoms with E-state index in [0.29, 0.717) is 0 Å². The van der Waals surface area contributed by atoms with Crippen LogP contribution >= 0.6 is 0 Å². The minimum Gasteiger partial charge on any atom is -0.256 e. The van der Waals surface area contributed by atoms with E-state index in [9.17, 15) is 0 Å². The Morgan fingerprint density at radius 3 is 0.560 bits per heavy atom. The normalized spacial score (nSPS) is 17.2. The van der Waals surface area contributed by atoms with Crippen LogP contribution in [0.15, 0.2) is 389 Å². The molecule has 6 heteroatoms. The Balaban J connectivity index is 0.568. The first kappa shape index (κ1) is 98.1.